The molecular formula is C23H24FN3O3. The molecule has 2 aliphatic heterocycles. The molecule has 0 N–H and O–H groups in total. The first-order chi connectivity index (χ1) is 14.3. The lowest BCUT2D eigenvalue weighted by molar-refractivity contribution is -0.134. The summed E-state index contributed by atoms with van der Waals surface area (Å²) >= 11 is 0. The van der Waals surface area contributed by atoms with E-state index in [9.17, 15) is 18.8 Å². The average Bonchev–Trinajstić information content (AvgIpc) is 3.04. The van der Waals surface area contributed by atoms with Gasteiger partial charge < -0.3 is 9.80 Å². The van der Waals surface area contributed by atoms with Crippen LogP contribution in [0.4, 0.5) is 10.1 Å². The number of nitrogens with zero attached hydrogens (tertiary/aromatic N) is 3. The van der Waals surface area contributed by atoms with Gasteiger partial charge in [0.15, 0.2) is 0 Å². The van der Waals surface area contributed by atoms with Crippen molar-refractivity contribution in [1.29, 1.82) is 0 Å². The van der Waals surface area contributed by atoms with Crippen molar-refractivity contribution >= 4 is 23.4 Å². The van der Waals surface area contributed by atoms with Gasteiger partial charge in [0.25, 0.3) is 5.91 Å². The monoisotopic (exact) mass is 409 g/mol. The molecule has 1 saturated heterocycles. The van der Waals surface area contributed by atoms with Gasteiger partial charge in [-0.15, -0.1) is 0 Å². The summed E-state index contributed by atoms with van der Waals surface area (Å²) in [4.78, 5) is 43.8. The second-order valence-corrected chi connectivity index (χ2v) is 7.89. The number of benzene rings is 2. The quantitative estimate of drug-likeness (QED) is 0.762. The number of hydrogen-bond acceptors (Lipinski definition) is 3. The van der Waals surface area contributed by atoms with Crippen molar-refractivity contribution in [1.82, 2.24) is 9.80 Å². The van der Waals surface area contributed by atoms with Crippen LogP contribution >= 0.6 is 0 Å². The minimum Gasteiger partial charge on any atom is -0.337 e. The Hall–Kier alpha value is -3.22. The Kier molecular flexibility index (Phi) is 5.05. The molecule has 0 bridgehead atoms. The maximum atomic E-state index is 13.5. The number of carbonyl (C=O) groups excluding carboxylic acids is 3. The summed E-state index contributed by atoms with van der Waals surface area (Å²) in [6.45, 7) is 4.22. The number of rotatable bonds is 5. The number of hydrogen-bond donors (Lipinski definition) is 0. The summed E-state index contributed by atoms with van der Waals surface area (Å²) in [5.74, 6) is -0.905. The highest BCUT2D eigenvalue weighted by Gasteiger charge is 2.53. The summed E-state index contributed by atoms with van der Waals surface area (Å²) in [5.41, 5.74) is 0.829. The molecule has 30 heavy (non-hydrogen) atoms. The fourth-order valence-corrected chi connectivity index (χ4v) is 4.41. The van der Waals surface area contributed by atoms with Crippen LogP contribution in [0, 0.1) is 5.82 Å². The Labute approximate surface area is 174 Å². The van der Waals surface area contributed by atoms with E-state index in [0.717, 1.165) is 0 Å². The number of likely N-dealkylation sites (N-methyl/N-ethyl adjacent to an activating group) is 1. The van der Waals surface area contributed by atoms with Gasteiger partial charge in [0.1, 0.15) is 18.0 Å². The molecule has 1 atom stereocenters. The molecular weight excluding hydrogens is 385 g/mol. The summed E-state index contributed by atoms with van der Waals surface area (Å²) in [5, 5.41) is 0. The Morgan fingerprint density at radius 1 is 1.17 bits per heavy atom. The number of para-hydroxylation sites is 1. The van der Waals surface area contributed by atoms with Crippen LogP contribution in [0.25, 0.3) is 0 Å². The maximum Gasteiger partial charge on any atom is 0.258 e. The van der Waals surface area contributed by atoms with E-state index >= 15 is 0 Å². The Balaban J connectivity index is 1.62. The first-order valence-corrected chi connectivity index (χ1v) is 10.1. The van der Waals surface area contributed by atoms with Gasteiger partial charge in [0, 0.05) is 19.5 Å². The van der Waals surface area contributed by atoms with Gasteiger partial charge in [-0.05, 0) is 50.1 Å². The highest BCUT2D eigenvalue weighted by molar-refractivity contribution is 6.11. The van der Waals surface area contributed by atoms with Gasteiger partial charge in [-0.2, -0.15) is 0 Å². The predicted molar refractivity (Wildman–Crippen MR) is 110 cm³/mol. The third-order valence-electron chi connectivity index (χ3n) is 6.04. The van der Waals surface area contributed by atoms with Crippen LogP contribution in [-0.4, -0.2) is 46.3 Å². The molecule has 0 spiro atoms. The molecule has 0 radical (unpaired) electrons. The SMILES string of the molecule is CCN(Cc1cccc(F)c1)C(=O)CN1C(=O)c2ccccc2N2C(=O)CCC12C. The van der Waals surface area contributed by atoms with Crippen LogP contribution in [0.2, 0.25) is 0 Å². The first kappa shape index (κ1) is 20.1. The van der Waals surface area contributed by atoms with Crippen LogP contribution in [0.3, 0.4) is 0 Å². The third kappa shape index (κ3) is 3.24. The molecule has 0 aromatic heterocycles. The zero-order chi connectivity index (χ0) is 21.5. The van der Waals surface area contributed by atoms with Crippen molar-refractivity contribution in [3.63, 3.8) is 0 Å². The van der Waals surface area contributed by atoms with E-state index < -0.39 is 5.66 Å². The molecule has 2 heterocycles. The Bertz CT molecular complexity index is 1020. The molecule has 0 aliphatic carbocycles. The molecule has 3 amide bonds. The van der Waals surface area contributed by atoms with E-state index in [1.54, 1.807) is 46.2 Å². The smallest absolute Gasteiger partial charge is 0.258 e. The topological polar surface area (TPSA) is 60.9 Å². The van der Waals surface area contributed by atoms with Gasteiger partial charge in [-0.3, -0.25) is 19.3 Å². The van der Waals surface area contributed by atoms with Crippen molar-refractivity contribution in [2.24, 2.45) is 0 Å². The fourth-order valence-electron chi connectivity index (χ4n) is 4.41. The summed E-state index contributed by atoms with van der Waals surface area (Å²) < 4.78 is 13.5. The number of fused-ring (bicyclic) bond motifs is 3. The van der Waals surface area contributed by atoms with Crippen LogP contribution < -0.4 is 4.90 Å². The molecule has 1 fully saturated rings. The third-order valence-corrected chi connectivity index (χ3v) is 6.04. The van der Waals surface area contributed by atoms with E-state index in [2.05, 4.69) is 0 Å². The minimum absolute atomic E-state index is 0.0537. The Morgan fingerprint density at radius 3 is 2.67 bits per heavy atom. The average molecular weight is 409 g/mol. The normalized spacial score (nSPS) is 20.2. The van der Waals surface area contributed by atoms with Crippen LogP contribution in [-0.2, 0) is 16.1 Å². The summed E-state index contributed by atoms with van der Waals surface area (Å²) in [6, 6.07) is 13.1. The fraction of sp³-hybridized carbons (Fsp3) is 0.348. The molecule has 156 valence electrons. The highest BCUT2D eigenvalue weighted by Crippen LogP contribution is 2.43. The van der Waals surface area contributed by atoms with Gasteiger partial charge in [-0.1, -0.05) is 24.3 Å². The molecule has 6 nitrogen and oxygen atoms in total. The van der Waals surface area contributed by atoms with Crippen molar-refractivity contribution in [3.8, 4) is 0 Å². The van der Waals surface area contributed by atoms with Crippen molar-refractivity contribution in [2.45, 2.75) is 38.9 Å². The highest BCUT2D eigenvalue weighted by atomic mass is 19.1. The minimum atomic E-state index is -0.879. The number of carbonyl (C=O) groups is 3. The lowest BCUT2D eigenvalue weighted by Crippen LogP contribution is -2.64. The van der Waals surface area contributed by atoms with Gasteiger partial charge in [0.05, 0.1) is 11.3 Å². The largest absolute Gasteiger partial charge is 0.337 e. The van der Waals surface area contributed by atoms with Crippen LogP contribution in [0.15, 0.2) is 48.5 Å². The predicted octanol–water partition coefficient (Wildman–Crippen LogP) is 3.17. The van der Waals surface area contributed by atoms with E-state index in [0.29, 0.717) is 36.2 Å². The molecule has 2 aromatic rings. The first-order valence-electron chi connectivity index (χ1n) is 10.1. The molecule has 1 unspecified atom stereocenters. The zero-order valence-electron chi connectivity index (χ0n) is 17.1. The van der Waals surface area contributed by atoms with Gasteiger partial charge >= 0.3 is 0 Å². The molecule has 4 rings (SSSR count). The second-order valence-electron chi connectivity index (χ2n) is 7.89. The number of amides is 3. The van der Waals surface area contributed by atoms with E-state index in [4.69, 9.17) is 0 Å². The van der Waals surface area contributed by atoms with Crippen molar-refractivity contribution in [3.05, 3.63) is 65.5 Å². The number of halogens is 1. The van der Waals surface area contributed by atoms with E-state index in [-0.39, 0.29) is 36.6 Å². The van der Waals surface area contributed by atoms with Gasteiger partial charge in [-0.25, -0.2) is 4.39 Å². The van der Waals surface area contributed by atoms with Crippen LogP contribution in [0.5, 0.6) is 0 Å². The van der Waals surface area contributed by atoms with Gasteiger partial charge in [0.2, 0.25) is 11.8 Å². The standard InChI is InChI=1S/C23H24FN3O3/c1-3-25(14-16-7-6-8-17(24)13-16)21(29)15-26-22(30)18-9-4-5-10-19(18)27-20(28)11-12-23(26,27)2/h4-10,13H,3,11-12,14-15H2,1-2H3. The van der Waals surface area contributed by atoms with Crippen molar-refractivity contribution < 1.29 is 18.8 Å². The second kappa shape index (κ2) is 7.55. The Morgan fingerprint density at radius 2 is 1.93 bits per heavy atom. The zero-order valence-corrected chi connectivity index (χ0v) is 17.1. The number of anilines is 1. The molecule has 0 saturated carbocycles. The maximum absolute atomic E-state index is 13.5. The van der Waals surface area contributed by atoms with Crippen molar-refractivity contribution in [2.75, 3.05) is 18.0 Å². The summed E-state index contributed by atoms with van der Waals surface area (Å²) in [7, 11) is 0. The molecule has 2 aromatic carbocycles. The lowest BCUT2D eigenvalue weighted by atomic mass is 9.98. The van der Waals surface area contributed by atoms with E-state index in [1.807, 2.05) is 13.8 Å². The summed E-state index contributed by atoms with van der Waals surface area (Å²) in [6.07, 6.45) is 0.790. The van der Waals surface area contributed by atoms with E-state index in [1.165, 1.54) is 17.0 Å². The lowest BCUT2D eigenvalue weighted by Gasteiger charge is -2.48. The molecule has 7 heteroatoms. The van der Waals surface area contributed by atoms with Crippen LogP contribution in [0.1, 0.15) is 42.6 Å². The molecule has 2 aliphatic rings.